The molecule has 0 amide bonds. The molecular formula is C19H22Cl2N6O. The first-order chi connectivity index (χ1) is 13.2. The minimum atomic E-state index is -0.358. The van der Waals surface area contributed by atoms with Gasteiger partial charge in [-0.15, -0.1) is 10.2 Å². The third-order valence-corrected chi connectivity index (χ3v) is 5.61. The van der Waals surface area contributed by atoms with Gasteiger partial charge >= 0.3 is 0 Å². The van der Waals surface area contributed by atoms with E-state index in [1.165, 1.54) is 0 Å². The van der Waals surface area contributed by atoms with Gasteiger partial charge < -0.3 is 10.0 Å². The fourth-order valence-electron chi connectivity index (χ4n) is 3.22. The molecular weight excluding hydrogens is 399 g/mol. The first kappa shape index (κ1) is 19.4. The van der Waals surface area contributed by atoms with E-state index in [4.69, 9.17) is 28.2 Å². The first-order valence-corrected chi connectivity index (χ1v) is 9.97. The highest BCUT2D eigenvalue weighted by Crippen LogP contribution is 2.30. The Hall–Kier alpha value is -1.96. The number of anilines is 1. The Morgan fingerprint density at radius 2 is 1.96 bits per heavy atom. The second kappa shape index (κ2) is 7.13. The van der Waals surface area contributed by atoms with E-state index in [1.807, 2.05) is 12.1 Å². The van der Waals surface area contributed by atoms with Gasteiger partial charge in [0.05, 0.1) is 22.7 Å². The molecule has 1 fully saturated rings. The van der Waals surface area contributed by atoms with Crippen molar-refractivity contribution in [2.24, 2.45) is 0 Å². The summed E-state index contributed by atoms with van der Waals surface area (Å²) in [5.74, 6) is 1.42. The summed E-state index contributed by atoms with van der Waals surface area (Å²) in [5.41, 5.74) is 1.76. The standard InChI is InChI=1S/C19H22Cl2N6O/c1-19(2,3)18-22-16-15(17(23-18)26-8-7-12(28)10-26)24-27(25-16)9-11-5-4-6-13(20)14(11)21/h4-6,12,28H,7-10H2,1-3H3. The van der Waals surface area contributed by atoms with Crippen LogP contribution < -0.4 is 4.90 Å². The maximum absolute atomic E-state index is 9.97. The van der Waals surface area contributed by atoms with E-state index < -0.39 is 0 Å². The van der Waals surface area contributed by atoms with E-state index in [0.717, 1.165) is 17.9 Å². The number of nitrogens with zero attached hydrogens (tertiary/aromatic N) is 6. The Morgan fingerprint density at radius 3 is 2.64 bits per heavy atom. The number of rotatable bonds is 3. The van der Waals surface area contributed by atoms with Crippen molar-refractivity contribution < 1.29 is 5.11 Å². The van der Waals surface area contributed by atoms with Crippen molar-refractivity contribution in [3.05, 3.63) is 39.6 Å². The quantitative estimate of drug-likeness (QED) is 0.698. The Labute approximate surface area is 173 Å². The van der Waals surface area contributed by atoms with Crippen LogP contribution in [0.1, 0.15) is 38.6 Å². The van der Waals surface area contributed by atoms with Crippen molar-refractivity contribution in [1.29, 1.82) is 0 Å². The molecule has 0 spiro atoms. The van der Waals surface area contributed by atoms with Gasteiger partial charge in [0.25, 0.3) is 0 Å². The molecule has 148 valence electrons. The molecule has 0 aliphatic carbocycles. The van der Waals surface area contributed by atoms with Crippen LogP contribution in [0.15, 0.2) is 18.2 Å². The van der Waals surface area contributed by atoms with Crippen LogP contribution in [0.4, 0.5) is 5.82 Å². The van der Waals surface area contributed by atoms with Crippen LogP contribution in [0.5, 0.6) is 0 Å². The number of hydrogen-bond donors (Lipinski definition) is 1. The highest BCUT2D eigenvalue weighted by Gasteiger charge is 2.28. The average Bonchev–Trinajstić information content (AvgIpc) is 3.23. The molecule has 28 heavy (non-hydrogen) atoms. The lowest BCUT2D eigenvalue weighted by Crippen LogP contribution is -2.25. The maximum Gasteiger partial charge on any atom is 0.207 e. The predicted molar refractivity (Wildman–Crippen MR) is 110 cm³/mol. The number of halogens is 2. The van der Waals surface area contributed by atoms with Gasteiger partial charge in [-0.05, 0) is 18.1 Å². The Balaban J connectivity index is 1.80. The minimum Gasteiger partial charge on any atom is -0.391 e. The fraction of sp³-hybridized carbons (Fsp3) is 0.474. The van der Waals surface area contributed by atoms with Crippen LogP contribution in [0.2, 0.25) is 10.0 Å². The molecule has 9 heteroatoms. The molecule has 1 atom stereocenters. The summed E-state index contributed by atoms with van der Waals surface area (Å²) in [4.78, 5) is 13.0. The van der Waals surface area contributed by atoms with Crippen molar-refractivity contribution in [3.63, 3.8) is 0 Å². The van der Waals surface area contributed by atoms with Gasteiger partial charge in [0.2, 0.25) is 5.65 Å². The van der Waals surface area contributed by atoms with Crippen LogP contribution in [-0.2, 0) is 12.0 Å². The zero-order valence-corrected chi connectivity index (χ0v) is 17.5. The zero-order chi connectivity index (χ0) is 20.1. The van der Waals surface area contributed by atoms with Crippen LogP contribution in [0, 0.1) is 0 Å². The molecule has 4 rings (SSSR count). The van der Waals surface area contributed by atoms with Crippen LogP contribution >= 0.6 is 23.2 Å². The van der Waals surface area contributed by atoms with Crippen LogP contribution in [0.3, 0.4) is 0 Å². The lowest BCUT2D eigenvalue weighted by Gasteiger charge is -2.21. The number of hydrogen-bond acceptors (Lipinski definition) is 6. The van der Waals surface area contributed by atoms with E-state index in [1.54, 1.807) is 10.9 Å². The van der Waals surface area contributed by atoms with Crippen molar-refractivity contribution in [2.75, 3.05) is 18.0 Å². The number of fused-ring (bicyclic) bond motifs is 1. The zero-order valence-electron chi connectivity index (χ0n) is 16.0. The molecule has 7 nitrogen and oxygen atoms in total. The SMILES string of the molecule is CC(C)(C)c1nc(N2CCC(O)C2)c2nn(Cc3cccc(Cl)c3Cl)nc2n1. The van der Waals surface area contributed by atoms with E-state index in [9.17, 15) is 5.11 Å². The molecule has 1 saturated heterocycles. The summed E-state index contributed by atoms with van der Waals surface area (Å²) in [6, 6.07) is 5.49. The normalized spacial score (nSPS) is 17.6. The smallest absolute Gasteiger partial charge is 0.207 e. The van der Waals surface area contributed by atoms with Crippen molar-refractivity contribution in [2.45, 2.75) is 45.3 Å². The summed E-state index contributed by atoms with van der Waals surface area (Å²) in [6.07, 6.45) is 0.353. The fourth-order valence-corrected chi connectivity index (χ4v) is 3.60. The second-order valence-corrected chi connectivity index (χ2v) is 8.91. The summed E-state index contributed by atoms with van der Waals surface area (Å²) < 4.78 is 0. The number of aromatic nitrogens is 5. The van der Waals surface area contributed by atoms with Gasteiger partial charge in [0.1, 0.15) is 5.82 Å². The van der Waals surface area contributed by atoms with Gasteiger partial charge in [-0.1, -0.05) is 56.1 Å². The number of aliphatic hydroxyl groups excluding tert-OH is 1. The average molecular weight is 421 g/mol. The Kier molecular flexibility index (Phi) is 4.93. The van der Waals surface area contributed by atoms with E-state index >= 15 is 0 Å². The molecule has 1 aliphatic rings. The molecule has 1 N–H and O–H groups in total. The number of benzene rings is 1. The maximum atomic E-state index is 9.97. The van der Waals surface area contributed by atoms with Crippen molar-refractivity contribution in [3.8, 4) is 0 Å². The molecule has 0 bridgehead atoms. The summed E-state index contributed by atoms with van der Waals surface area (Å²) in [6.45, 7) is 7.82. The second-order valence-electron chi connectivity index (χ2n) is 8.12. The third-order valence-electron chi connectivity index (χ3n) is 4.75. The van der Waals surface area contributed by atoms with E-state index in [2.05, 4.69) is 40.9 Å². The molecule has 0 saturated carbocycles. The highest BCUT2D eigenvalue weighted by atomic mass is 35.5. The topological polar surface area (TPSA) is 80.0 Å². The van der Waals surface area contributed by atoms with Gasteiger partial charge in [-0.2, -0.15) is 4.80 Å². The monoisotopic (exact) mass is 420 g/mol. The first-order valence-electron chi connectivity index (χ1n) is 9.21. The molecule has 2 aromatic heterocycles. The molecule has 3 aromatic rings. The lowest BCUT2D eigenvalue weighted by atomic mass is 9.96. The number of aliphatic hydroxyl groups is 1. The minimum absolute atomic E-state index is 0.235. The molecule has 0 radical (unpaired) electrons. The van der Waals surface area contributed by atoms with Gasteiger partial charge in [-0.25, -0.2) is 9.97 Å². The van der Waals surface area contributed by atoms with Gasteiger partial charge in [0.15, 0.2) is 11.3 Å². The molecule has 1 aromatic carbocycles. The highest BCUT2D eigenvalue weighted by molar-refractivity contribution is 6.42. The van der Waals surface area contributed by atoms with Crippen molar-refractivity contribution >= 4 is 40.2 Å². The van der Waals surface area contributed by atoms with E-state index in [0.29, 0.717) is 46.5 Å². The lowest BCUT2D eigenvalue weighted by molar-refractivity contribution is 0.198. The van der Waals surface area contributed by atoms with Gasteiger partial charge in [-0.3, -0.25) is 0 Å². The van der Waals surface area contributed by atoms with Crippen LogP contribution in [-0.4, -0.2) is 49.3 Å². The Morgan fingerprint density at radius 1 is 1.18 bits per heavy atom. The van der Waals surface area contributed by atoms with Gasteiger partial charge in [0, 0.05) is 18.5 Å². The molecule has 3 heterocycles. The van der Waals surface area contributed by atoms with E-state index in [-0.39, 0.29) is 11.5 Å². The van der Waals surface area contributed by atoms with Crippen LogP contribution in [0.25, 0.3) is 11.2 Å². The molecule has 1 aliphatic heterocycles. The third kappa shape index (κ3) is 3.66. The summed E-state index contributed by atoms with van der Waals surface area (Å²) >= 11 is 12.4. The molecule has 1 unspecified atom stereocenters. The Bertz CT molecular complexity index is 1030. The summed E-state index contributed by atoms with van der Waals surface area (Å²) in [5, 5.41) is 20.2. The predicted octanol–water partition coefficient (Wildman–Crippen LogP) is 3.44. The number of β-amino-alcohol motifs (C(OH)–C–C–N with tert-alkyl or cyclic N) is 1. The van der Waals surface area contributed by atoms with Crippen molar-refractivity contribution in [1.82, 2.24) is 25.0 Å². The summed E-state index contributed by atoms with van der Waals surface area (Å²) in [7, 11) is 0. The largest absolute Gasteiger partial charge is 0.391 e.